The van der Waals surface area contributed by atoms with Crippen molar-refractivity contribution in [2.45, 2.75) is 47.1 Å². The van der Waals surface area contributed by atoms with Crippen molar-refractivity contribution in [2.75, 3.05) is 14.1 Å². The summed E-state index contributed by atoms with van der Waals surface area (Å²) in [5.41, 5.74) is 4.19. The Bertz CT molecular complexity index is 940. The van der Waals surface area contributed by atoms with Crippen LogP contribution in [0.15, 0.2) is 94.7 Å². The van der Waals surface area contributed by atoms with E-state index in [2.05, 4.69) is 97.1 Å². The van der Waals surface area contributed by atoms with Gasteiger partial charge in [-0.05, 0) is 58.4 Å². The molecule has 5 nitrogen and oxygen atoms in total. The molecule has 182 valence electrons. The van der Waals surface area contributed by atoms with Crippen LogP contribution in [-0.4, -0.2) is 31.7 Å². The Kier molecular flexibility index (Phi) is 19.1. The highest BCUT2D eigenvalue weighted by Crippen LogP contribution is 2.19. The summed E-state index contributed by atoms with van der Waals surface area (Å²) in [5, 5.41) is 14.3. The number of nitrogens with zero attached hydrogens (tertiary/aromatic N) is 3. The minimum Gasteiger partial charge on any atom is -0.349 e. The number of hydrogen-bond donors (Lipinski definition) is 2. The molecule has 0 saturated heterocycles. The first-order valence-corrected chi connectivity index (χ1v) is 11.2. The molecule has 0 fully saturated rings. The second-order valence-corrected chi connectivity index (χ2v) is 7.26. The third-order valence-corrected chi connectivity index (χ3v) is 4.86. The van der Waals surface area contributed by atoms with E-state index in [1.807, 2.05) is 33.0 Å². The molecule has 2 N–H and O–H groups in total. The zero-order valence-electron chi connectivity index (χ0n) is 21.9. The fourth-order valence-corrected chi connectivity index (χ4v) is 2.27. The summed E-state index contributed by atoms with van der Waals surface area (Å²) in [6, 6.07) is 4.59. The van der Waals surface area contributed by atoms with Crippen LogP contribution in [0.25, 0.3) is 0 Å². The standard InChI is InChI=1S/C14H21N.C12H15N3.C3H5N/c1-5-11(2)13-7-6-8-14(10-9-13)12(3)15-4;1-6-10(4)14-12(7-2)15-11(5)9(3)8-13;1-3-4-2/h6-10,12,14-15H,2,5H2,1,3-4H3;6-7H,2-3H2,1,4-5H3;1,4H,2H3/b;10-6+,14-12?,15-11?;. The van der Waals surface area contributed by atoms with Crippen LogP contribution in [0.4, 0.5) is 0 Å². The molecule has 0 bridgehead atoms. The van der Waals surface area contributed by atoms with Crippen LogP contribution < -0.4 is 10.6 Å². The van der Waals surface area contributed by atoms with E-state index in [0.717, 1.165) is 12.1 Å². The second kappa shape index (κ2) is 20.0. The van der Waals surface area contributed by atoms with Gasteiger partial charge in [0.25, 0.3) is 0 Å². The molecular formula is C29H41N5. The van der Waals surface area contributed by atoms with E-state index in [9.17, 15) is 0 Å². The van der Waals surface area contributed by atoms with Gasteiger partial charge in [0, 0.05) is 30.7 Å². The maximum atomic E-state index is 8.61. The van der Waals surface area contributed by atoms with Crippen molar-refractivity contribution in [3.05, 3.63) is 84.7 Å². The van der Waals surface area contributed by atoms with Gasteiger partial charge in [0.15, 0.2) is 5.84 Å². The van der Waals surface area contributed by atoms with E-state index in [4.69, 9.17) is 5.26 Å². The Labute approximate surface area is 207 Å². The molecule has 1 aliphatic carbocycles. The zero-order chi connectivity index (χ0) is 26.5. The zero-order valence-corrected chi connectivity index (χ0v) is 21.9. The minimum absolute atomic E-state index is 0.336. The van der Waals surface area contributed by atoms with Crippen LogP contribution in [0.5, 0.6) is 0 Å². The predicted octanol–water partition coefficient (Wildman–Crippen LogP) is 6.06. The Morgan fingerprint density at radius 1 is 1.26 bits per heavy atom. The van der Waals surface area contributed by atoms with Crippen molar-refractivity contribution in [1.29, 1.82) is 5.26 Å². The molecule has 2 atom stereocenters. The number of nitriles is 1. The van der Waals surface area contributed by atoms with Crippen molar-refractivity contribution in [2.24, 2.45) is 15.9 Å². The van der Waals surface area contributed by atoms with Gasteiger partial charge in [-0.3, -0.25) is 0 Å². The van der Waals surface area contributed by atoms with Crippen LogP contribution in [0.3, 0.4) is 0 Å². The van der Waals surface area contributed by atoms with E-state index >= 15 is 0 Å². The summed E-state index contributed by atoms with van der Waals surface area (Å²) in [6.07, 6.45) is 20.0. The molecule has 0 saturated carbocycles. The van der Waals surface area contributed by atoms with Crippen molar-refractivity contribution >= 4 is 11.5 Å². The van der Waals surface area contributed by atoms with Gasteiger partial charge < -0.3 is 10.6 Å². The number of hydrogen-bond acceptors (Lipinski definition) is 4. The maximum absolute atomic E-state index is 8.61. The molecule has 0 aromatic carbocycles. The highest BCUT2D eigenvalue weighted by atomic mass is 14.9. The molecule has 5 heteroatoms. The third-order valence-electron chi connectivity index (χ3n) is 4.86. The van der Waals surface area contributed by atoms with E-state index < -0.39 is 0 Å². The van der Waals surface area contributed by atoms with Crippen LogP contribution in [0.1, 0.15) is 41.0 Å². The lowest BCUT2D eigenvalue weighted by Gasteiger charge is -2.15. The average molecular weight is 460 g/mol. The summed E-state index contributed by atoms with van der Waals surface area (Å²) in [5.74, 6) is 0.952. The van der Waals surface area contributed by atoms with Crippen LogP contribution in [-0.2, 0) is 0 Å². The van der Waals surface area contributed by atoms with Crippen molar-refractivity contribution in [3.63, 3.8) is 0 Å². The first-order valence-electron chi connectivity index (χ1n) is 11.2. The van der Waals surface area contributed by atoms with E-state index in [1.54, 1.807) is 20.0 Å². The Balaban J connectivity index is 0. The number of aliphatic imine (C=N–C) groups is 2. The quantitative estimate of drug-likeness (QED) is 0.160. The summed E-state index contributed by atoms with van der Waals surface area (Å²) in [4.78, 5) is 8.33. The molecular weight excluding hydrogens is 418 g/mol. The molecule has 0 spiro atoms. The lowest BCUT2D eigenvalue weighted by atomic mass is 10.00. The number of rotatable bonds is 7. The lowest BCUT2D eigenvalue weighted by molar-refractivity contribution is 0.536. The van der Waals surface area contributed by atoms with Crippen LogP contribution in [0.2, 0.25) is 0 Å². The molecule has 0 aliphatic heterocycles. The van der Waals surface area contributed by atoms with E-state index in [1.165, 1.54) is 11.1 Å². The average Bonchev–Trinajstić information content (AvgIpc) is 3.13. The number of amidine groups is 1. The van der Waals surface area contributed by atoms with Gasteiger partial charge in [-0.1, -0.05) is 69.5 Å². The largest absolute Gasteiger partial charge is 0.349 e. The first kappa shape index (κ1) is 32.5. The summed E-state index contributed by atoms with van der Waals surface area (Å²) >= 11 is 0. The van der Waals surface area contributed by atoms with Gasteiger partial charge in [0.2, 0.25) is 0 Å². The van der Waals surface area contributed by atoms with E-state index in [0.29, 0.717) is 29.1 Å². The Hall–Kier alpha value is -3.67. The Morgan fingerprint density at radius 2 is 1.88 bits per heavy atom. The molecule has 0 aromatic rings. The van der Waals surface area contributed by atoms with Crippen LogP contribution in [0, 0.1) is 29.7 Å². The monoisotopic (exact) mass is 459 g/mol. The molecule has 2 unspecified atom stereocenters. The highest BCUT2D eigenvalue weighted by Gasteiger charge is 2.10. The van der Waals surface area contributed by atoms with Gasteiger partial charge in [-0.2, -0.15) is 5.26 Å². The van der Waals surface area contributed by atoms with Crippen LogP contribution >= 0.6 is 0 Å². The maximum Gasteiger partial charge on any atom is 0.151 e. The van der Waals surface area contributed by atoms with Gasteiger partial charge in [-0.15, -0.1) is 0 Å². The molecule has 0 heterocycles. The van der Waals surface area contributed by atoms with Gasteiger partial charge >= 0.3 is 0 Å². The van der Waals surface area contributed by atoms with Crippen molar-refractivity contribution in [1.82, 2.24) is 10.6 Å². The first-order chi connectivity index (χ1) is 16.1. The third kappa shape index (κ3) is 14.4. The van der Waals surface area contributed by atoms with Gasteiger partial charge in [-0.25, -0.2) is 9.98 Å². The van der Waals surface area contributed by atoms with Gasteiger partial charge in [0.1, 0.15) is 6.07 Å². The number of nitrogens with one attached hydrogen (secondary N) is 2. The second-order valence-electron chi connectivity index (χ2n) is 7.26. The molecule has 34 heavy (non-hydrogen) atoms. The van der Waals surface area contributed by atoms with Crippen molar-refractivity contribution in [3.8, 4) is 18.5 Å². The van der Waals surface area contributed by atoms with Gasteiger partial charge in [0.05, 0.1) is 11.3 Å². The fourth-order valence-electron chi connectivity index (χ4n) is 2.27. The van der Waals surface area contributed by atoms with E-state index in [-0.39, 0.29) is 0 Å². The molecule has 1 aliphatic rings. The topological polar surface area (TPSA) is 72.6 Å². The number of allylic oxidation sites excluding steroid dienone is 8. The summed E-state index contributed by atoms with van der Waals surface area (Å²) in [6.45, 7) is 21.0. The Morgan fingerprint density at radius 3 is 2.32 bits per heavy atom. The normalized spacial score (nSPS) is 16.1. The predicted molar refractivity (Wildman–Crippen MR) is 151 cm³/mol. The molecule has 0 aromatic heterocycles. The number of terminal acetylenes is 1. The molecule has 1 rings (SSSR count). The van der Waals surface area contributed by atoms with Crippen molar-refractivity contribution < 1.29 is 0 Å². The summed E-state index contributed by atoms with van der Waals surface area (Å²) < 4.78 is 0. The fraction of sp³-hybridized carbons (Fsp3) is 0.345. The lowest BCUT2D eigenvalue weighted by Crippen LogP contribution is -2.27. The summed E-state index contributed by atoms with van der Waals surface area (Å²) in [7, 11) is 3.69. The smallest absolute Gasteiger partial charge is 0.151 e. The minimum atomic E-state index is 0.336. The SMILES string of the molecule is C#CNC.C=C(CC)C1=CC=CC(C(C)NC)C=C1.C=CC(=N/C(C)=C/C)N=C(C)C(=C)C#N. The molecule has 0 amide bonds. The highest BCUT2D eigenvalue weighted by molar-refractivity contribution is 6.10. The molecule has 0 radical (unpaired) electrons.